The van der Waals surface area contributed by atoms with Gasteiger partial charge < -0.3 is 19.9 Å². The van der Waals surface area contributed by atoms with Gasteiger partial charge in [0.15, 0.2) is 6.61 Å². The molecule has 1 heterocycles. The van der Waals surface area contributed by atoms with Gasteiger partial charge in [0, 0.05) is 15.9 Å². The molecule has 0 saturated carbocycles. The summed E-state index contributed by atoms with van der Waals surface area (Å²) in [5, 5.41) is 13.4. The number of hydrogen-bond donors (Lipinski definition) is 2. The number of halogens is 2. The predicted molar refractivity (Wildman–Crippen MR) is 112 cm³/mol. The number of aromatic hydroxyl groups is 1. The SMILES string of the molecule is CC(C)c1cc(Cc2c(Cl)cc(OCC(=O)NC3COC3)cc2Br)ccc1O. The molecule has 0 aromatic heterocycles. The Balaban J connectivity index is 1.68. The average molecular weight is 469 g/mol. The van der Waals surface area contributed by atoms with Gasteiger partial charge >= 0.3 is 0 Å². The van der Waals surface area contributed by atoms with Gasteiger partial charge in [-0.15, -0.1) is 0 Å². The third-order valence-corrected chi connectivity index (χ3v) is 5.63. The molecule has 1 aliphatic rings. The molecule has 0 aliphatic carbocycles. The van der Waals surface area contributed by atoms with Gasteiger partial charge in [0.05, 0.1) is 19.3 Å². The first-order valence-electron chi connectivity index (χ1n) is 9.13. The maximum atomic E-state index is 11.9. The molecule has 7 heteroatoms. The highest BCUT2D eigenvalue weighted by Crippen LogP contribution is 2.34. The summed E-state index contributed by atoms with van der Waals surface area (Å²) in [5.74, 6) is 0.871. The van der Waals surface area contributed by atoms with Crippen molar-refractivity contribution in [2.75, 3.05) is 19.8 Å². The minimum atomic E-state index is -0.185. The Morgan fingerprint density at radius 2 is 2.11 bits per heavy atom. The molecule has 3 rings (SSSR count). The summed E-state index contributed by atoms with van der Waals surface area (Å²) in [6, 6.07) is 9.21. The molecule has 5 nitrogen and oxygen atoms in total. The van der Waals surface area contributed by atoms with E-state index in [4.69, 9.17) is 21.1 Å². The highest BCUT2D eigenvalue weighted by atomic mass is 79.9. The van der Waals surface area contributed by atoms with Crippen molar-refractivity contribution < 1.29 is 19.4 Å². The van der Waals surface area contributed by atoms with E-state index in [0.29, 0.717) is 36.2 Å². The number of phenols is 1. The van der Waals surface area contributed by atoms with Crippen LogP contribution in [0.5, 0.6) is 11.5 Å². The van der Waals surface area contributed by atoms with Crippen molar-refractivity contribution in [1.29, 1.82) is 0 Å². The Bertz CT molecular complexity index is 844. The Hall–Kier alpha value is -1.76. The lowest BCUT2D eigenvalue weighted by molar-refractivity contribution is -0.127. The van der Waals surface area contributed by atoms with Gasteiger partial charge in [-0.05, 0) is 40.8 Å². The van der Waals surface area contributed by atoms with Crippen LogP contribution >= 0.6 is 27.5 Å². The average Bonchev–Trinajstić information content (AvgIpc) is 2.60. The fraction of sp³-hybridized carbons (Fsp3) is 0.381. The Kier molecular flexibility index (Phi) is 6.86. The summed E-state index contributed by atoms with van der Waals surface area (Å²) in [6.45, 7) is 5.11. The van der Waals surface area contributed by atoms with Crippen molar-refractivity contribution in [2.45, 2.75) is 32.2 Å². The Morgan fingerprint density at radius 3 is 2.71 bits per heavy atom. The minimum Gasteiger partial charge on any atom is -0.508 e. The summed E-state index contributed by atoms with van der Waals surface area (Å²) in [4.78, 5) is 11.9. The molecule has 1 amide bonds. The fourth-order valence-electron chi connectivity index (χ4n) is 2.95. The van der Waals surface area contributed by atoms with Gasteiger partial charge in [-0.25, -0.2) is 0 Å². The number of carbonyl (C=O) groups excluding carboxylic acids is 1. The highest BCUT2D eigenvalue weighted by Gasteiger charge is 2.20. The van der Waals surface area contributed by atoms with Crippen LogP contribution in [0.2, 0.25) is 5.02 Å². The molecule has 0 bridgehead atoms. The van der Waals surface area contributed by atoms with Crippen LogP contribution in [0.25, 0.3) is 0 Å². The van der Waals surface area contributed by atoms with E-state index in [1.165, 1.54) is 0 Å². The summed E-state index contributed by atoms with van der Waals surface area (Å²) < 4.78 is 11.4. The van der Waals surface area contributed by atoms with E-state index < -0.39 is 0 Å². The molecule has 1 aliphatic heterocycles. The molecule has 0 atom stereocenters. The number of phenolic OH excluding ortho intramolecular Hbond substituents is 1. The molecule has 2 aromatic carbocycles. The van der Waals surface area contributed by atoms with Gasteiger partial charge in [-0.1, -0.05) is 53.5 Å². The molecule has 0 spiro atoms. The van der Waals surface area contributed by atoms with Crippen LogP contribution in [0.4, 0.5) is 0 Å². The van der Waals surface area contributed by atoms with Gasteiger partial charge in [0.1, 0.15) is 11.5 Å². The first-order valence-corrected chi connectivity index (χ1v) is 10.3. The third-order valence-electron chi connectivity index (χ3n) is 4.58. The number of amides is 1. The summed E-state index contributed by atoms with van der Waals surface area (Å²) in [6.07, 6.45) is 0.613. The number of rotatable bonds is 7. The Morgan fingerprint density at radius 1 is 1.36 bits per heavy atom. The first-order chi connectivity index (χ1) is 13.3. The van der Waals surface area contributed by atoms with E-state index in [2.05, 4.69) is 21.2 Å². The number of carbonyl (C=O) groups is 1. The fourth-order valence-corrected chi connectivity index (χ4v) is 3.92. The van der Waals surface area contributed by atoms with Crippen LogP contribution in [0.3, 0.4) is 0 Å². The monoisotopic (exact) mass is 467 g/mol. The zero-order chi connectivity index (χ0) is 20.3. The van der Waals surface area contributed by atoms with Gasteiger partial charge in [0.2, 0.25) is 0 Å². The van der Waals surface area contributed by atoms with Gasteiger partial charge in [0.25, 0.3) is 5.91 Å². The van der Waals surface area contributed by atoms with E-state index in [0.717, 1.165) is 21.2 Å². The highest BCUT2D eigenvalue weighted by molar-refractivity contribution is 9.10. The second-order valence-corrected chi connectivity index (χ2v) is 8.44. The number of ether oxygens (including phenoxy) is 2. The first kappa shape index (κ1) is 21.0. The lowest BCUT2D eigenvalue weighted by Gasteiger charge is -2.26. The summed E-state index contributed by atoms with van der Waals surface area (Å²) in [7, 11) is 0. The largest absolute Gasteiger partial charge is 0.508 e. The van der Waals surface area contributed by atoms with Gasteiger partial charge in [-0.3, -0.25) is 4.79 Å². The summed E-state index contributed by atoms with van der Waals surface area (Å²) in [5.41, 5.74) is 2.89. The van der Waals surface area contributed by atoms with Crippen LogP contribution in [0, 0.1) is 0 Å². The Labute approximate surface area is 178 Å². The molecular formula is C21H23BrClNO4. The lowest BCUT2D eigenvalue weighted by atomic mass is 9.96. The zero-order valence-electron chi connectivity index (χ0n) is 15.8. The number of benzene rings is 2. The van der Waals surface area contributed by atoms with E-state index in [-0.39, 0.29) is 24.5 Å². The molecular weight excluding hydrogens is 446 g/mol. The number of hydrogen-bond acceptors (Lipinski definition) is 4. The van der Waals surface area contributed by atoms with Crippen LogP contribution in [-0.4, -0.2) is 36.9 Å². The molecule has 2 N–H and O–H groups in total. The molecule has 0 radical (unpaired) electrons. The maximum Gasteiger partial charge on any atom is 0.258 e. The van der Waals surface area contributed by atoms with E-state index in [1.54, 1.807) is 12.1 Å². The van der Waals surface area contributed by atoms with E-state index in [1.807, 2.05) is 32.0 Å². The molecule has 1 saturated heterocycles. The van der Waals surface area contributed by atoms with Crippen LogP contribution in [0.1, 0.15) is 36.5 Å². The molecule has 1 fully saturated rings. The zero-order valence-corrected chi connectivity index (χ0v) is 18.1. The smallest absolute Gasteiger partial charge is 0.258 e. The molecule has 2 aromatic rings. The predicted octanol–water partition coefficient (Wildman–Crippen LogP) is 4.42. The third kappa shape index (κ3) is 5.19. The van der Waals surface area contributed by atoms with Crippen molar-refractivity contribution in [3.63, 3.8) is 0 Å². The van der Waals surface area contributed by atoms with E-state index in [9.17, 15) is 9.90 Å². The van der Waals surface area contributed by atoms with Crippen molar-refractivity contribution in [3.05, 3.63) is 56.5 Å². The van der Waals surface area contributed by atoms with Crippen LogP contribution in [0.15, 0.2) is 34.8 Å². The van der Waals surface area contributed by atoms with Crippen molar-refractivity contribution >= 4 is 33.4 Å². The molecule has 150 valence electrons. The topological polar surface area (TPSA) is 67.8 Å². The second-order valence-electron chi connectivity index (χ2n) is 7.18. The molecule has 28 heavy (non-hydrogen) atoms. The van der Waals surface area contributed by atoms with Crippen LogP contribution in [-0.2, 0) is 16.0 Å². The van der Waals surface area contributed by atoms with Crippen molar-refractivity contribution in [3.8, 4) is 11.5 Å². The molecule has 0 unspecified atom stereocenters. The minimum absolute atomic E-state index is 0.0751. The normalized spacial score (nSPS) is 14.0. The van der Waals surface area contributed by atoms with Crippen LogP contribution < -0.4 is 10.1 Å². The second kappa shape index (κ2) is 9.16. The van der Waals surface area contributed by atoms with Crippen molar-refractivity contribution in [1.82, 2.24) is 5.32 Å². The summed E-state index contributed by atoms with van der Waals surface area (Å²) >= 11 is 10.0. The van der Waals surface area contributed by atoms with Gasteiger partial charge in [-0.2, -0.15) is 0 Å². The standard InChI is InChI=1S/C21H23BrClNO4/c1-12(2)16-5-13(3-4-20(16)25)6-17-18(22)7-15(8-19(17)23)28-11-21(26)24-14-9-27-10-14/h3-5,7-8,12,14,25H,6,9-11H2,1-2H3,(H,24,26). The van der Waals surface area contributed by atoms with Crippen molar-refractivity contribution in [2.24, 2.45) is 0 Å². The quantitative estimate of drug-likeness (QED) is 0.631. The maximum absolute atomic E-state index is 11.9. The lowest BCUT2D eigenvalue weighted by Crippen LogP contribution is -2.49. The van der Waals surface area contributed by atoms with E-state index >= 15 is 0 Å². The number of nitrogens with one attached hydrogen (secondary N) is 1.